The van der Waals surface area contributed by atoms with Gasteiger partial charge in [0.1, 0.15) is 6.54 Å². The number of aromatic nitrogens is 1. The number of amides is 1. The summed E-state index contributed by atoms with van der Waals surface area (Å²) in [5, 5.41) is 9.22. The van der Waals surface area contributed by atoms with Crippen LogP contribution in [0.4, 0.5) is 0 Å². The number of carbonyl (C=O) groups excluding carboxylic acids is 1. The van der Waals surface area contributed by atoms with E-state index in [-0.39, 0.29) is 18.0 Å². The number of guanidine groups is 1. The van der Waals surface area contributed by atoms with Crippen molar-refractivity contribution in [3.8, 4) is 0 Å². The van der Waals surface area contributed by atoms with Gasteiger partial charge < -0.3 is 16.0 Å². The first kappa shape index (κ1) is 17.9. The van der Waals surface area contributed by atoms with E-state index in [1.807, 2.05) is 45.9 Å². The van der Waals surface area contributed by atoms with Crippen molar-refractivity contribution in [1.29, 1.82) is 0 Å². The molecule has 0 aliphatic heterocycles. The summed E-state index contributed by atoms with van der Waals surface area (Å²) in [7, 11) is 0. The number of carbonyl (C=O) groups is 1. The Morgan fingerprint density at radius 2 is 2.05 bits per heavy atom. The number of rotatable bonds is 6. The molecule has 1 heterocycles. The Labute approximate surface area is 132 Å². The van der Waals surface area contributed by atoms with E-state index in [4.69, 9.17) is 0 Å². The molecule has 0 bridgehead atoms. The Morgan fingerprint density at radius 1 is 1.27 bits per heavy atom. The monoisotopic (exact) mass is 305 g/mol. The van der Waals surface area contributed by atoms with Gasteiger partial charge in [0.25, 0.3) is 0 Å². The minimum Gasteiger partial charge on any atom is -0.357 e. The summed E-state index contributed by atoms with van der Waals surface area (Å²) in [6.45, 7) is 9.40. The topological polar surface area (TPSA) is 78.4 Å². The Bertz CT molecular complexity index is 479. The van der Waals surface area contributed by atoms with E-state index in [9.17, 15) is 4.79 Å². The third-order valence-electron chi connectivity index (χ3n) is 2.64. The standard InChI is InChI=1S/C16H27N5O/c1-5-17-15(20-12-14(22)21-16(2,3)4)19-11-9-13-8-6-7-10-18-13/h6-8,10H,5,9,11-12H2,1-4H3,(H,21,22)(H2,17,19,20). The normalized spacial score (nSPS) is 11.9. The third-order valence-corrected chi connectivity index (χ3v) is 2.64. The zero-order valence-electron chi connectivity index (χ0n) is 13.9. The zero-order valence-corrected chi connectivity index (χ0v) is 13.9. The van der Waals surface area contributed by atoms with Gasteiger partial charge in [0.05, 0.1) is 0 Å². The van der Waals surface area contributed by atoms with Crippen molar-refractivity contribution < 1.29 is 4.79 Å². The number of nitrogens with one attached hydrogen (secondary N) is 3. The Morgan fingerprint density at radius 3 is 2.64 bits per heavy atom. The molecule has 0 saturated carbocycles. The fraction of sp³-hybridized carbons (Fsp3) is 0.562. The first-order chi connectivity index (χ1) is 10.4. The van der Waals surface area contributed by atoms with E-state index in [1.54, 1.807) is 6.20 Å². The highest BCUT2D eigenvalue weighted by Gasteiger charge is 2.13. The van der Waals surface area contributed by atoms with Gasteiger partial charge in [0.2, 0.25) is 5.91 Å². The molecule has 6 heteroatoms. The highest BCUT2D eigenvalue weighted by molar-refractivity contribution is 5.85. The summed E-state index contributed by atoms with van der Waals surface area (Å²) in [5.41, 5.74) is 0.786. The maximum atomic E-state index is 11.8. The van der Waals surface area contributed by atoms with Gasteiger partial charge in [0.15, 0.2) is 5.96 Å². The van der Waals surface area contributed by atoms with E-state index in [0.29, 0.717) is 12.5 Å². The molecule has 6 nitrogen and oxygen atoms in total. The molecule has 22 heavy (non-hydrogen) atoms. The average molecular weight is 305 g/mol. The summed E-state index contributed by atoms with van der Waals surface area (Å²) >= 11 is 0. The maximum absolute atomic E-state index is 11.8. The van der Waals surface area contributed by atoms with Crippen LogP contribution in [-0.4, -0.2) is 42.0 Å². The van der Waals surface area contributed by atoms with Crippen LogP contribution in [0, 0.1) is 0 Å². The van der Waals surface area contributed by atoms with Gasteiger partial charge in [-0.1, -0.05) is 6.07 Å². The minimum absolute atomic E-state index is 0.0885. The minimum atomic E-state index is -0.239. The van der Waals surface area contributed by atoms with Crippen molar-refractivity contribution in [3.05, 3.63) is 30.1 Å². The molecule has 0 aliphatic carbocycles. The van der Waals surface area contributed by atoms with Gasteiger partial charge in [0, 0.05) is 36.9 Å². The number of nitrogens with zero attached hydrogens (tertiary/aromatic N) is 2. The first-order valence-corrected chi connectivity index (χ1v) is 7.64. The van der Waals surface area contributed by atoms with Crippen molar-refractivity contribution in [3.63, 3.8) is 0 Å². The van der Waals surface area contributed by atoms with Gasteiger partial charge in [-0.25, -0.2) is 4.99 Å². The molecule has 122 valence electrons. The number of aliphatic imine (C=N–C) groups is 1. The van der Waals surface area contributed by atoms with Crippen LogP contribution in [0.15, 0.2) is 29.4 Å². The second kappa shape index (κ2) is 9.02. The SMILES string of the molecule is CCNC(=NCC(=O)NC(C)(C)C)NCCc1ccccn1. The average Bonchev–Trinajstić information content (AvgIpc) is 2.44. The number of hydrogen-bond donors (Lipinski definition) is 3. The van der Waals surface area contributed by atoms with Crippen molar-refractivity contribution in [2.75, 3.05) is 19.6 Å². The van der Waals surface area contributed by atoms with Gasteiger partial charge >= 0.3 is 0 Å². The van der Waals surface area contributed by atoms with Crippen LogP contribution in [0.3, 0.4) is 0 Å². The quantitative estimate of drug-likeness (QED) is 0.543. The second-order valence-corrected chi connectivity index (χ2v) is 5.99. The summed E-state index contributed by atoms with van der Waals surface area (Å²) in [6.07, 6.45) is 2.59. The lowest BCUT2D eigenvalue weighted by Crippen LogP contribution is -2.43. The first-order valence-electron chi connectivity index (χ1n) is 7.64. The van der Waals surface area contributed by atoms with Gasteiger partial charge in [-0.2, -0.15) is 0 Å². The molecule has 0 unspecified atom stereocenters. The highest BCUT2D eigenvalue weighted by atomic mass is 16.2. The van der Waals surface area contributed by atoms with Crippen LogP contribution >= 0.6 is 0 Å². The largest absolute Gasteiger partial charge is 0.357 e. The van der Waals surface area contributed by atoms with E-state index < -0.39 is 0 Å². The van der Waals surface area contributed by atoms with E-state index in [1.165, 1.54) is 0 Å². The Kier molecular flexibility index (Phi) is 7.36. The highest BCUT2D eigenvalue weighted by Crippen LogP contribution is 1.97. The molecule has 3 N–H and O–H groups in total. The number of hydrogen-bond acceptors (Lipinski definition) is 3. The van der Waals surface area contributed by atoms with Crippen molar-refractivity contribution in [1.82, 2.24) is 20.9 Å². The van der Waals surface area contributed by atoms with Gasteiger partial charge in [-0.15, -0.1) is 0 Å². The maximum Gasteiger partial charge on any atom is 0.242 e. The lowest BCUT2D eigenvalue weighted by molar-refractivity contribution is -0.121. The Hall–Kier alpha value is -2.11. The molecule has 1 aromatic heterocycles. The van der Waals surface area contributed by atoms with Crippen LogP contribution in [0.25, 0.3) is 0 Å². The van der Waals surface area contributed by atoms with Crippen molar-refractivity contribution >= 4 is 11.9 Å². The lowest BCUT2D eigenvalue weighted by atomic mass is 10.1. The van der Waals surface area contributed by atoms with Crippen LogP contribution in [0.1, 0.15) is 33.4 Å². The molecule has 0 radical (unpaired) electrons. The molecular formula is C16H27N5O. The summed E-state index contributed by atoms with van der Waals surface area (Å²) in [5.74, 6) is 0.553. The van der Waals surface area contributed by atoms with Crippen LogP contribution in [0.2, 0.25) is 0 Å². The molecule has 0 aromatic carbocycles. The van der Waals surface area contributed by atoms with Crippen molar-refractivity contribution in [2.45, 2.75) is 39.7 Å². The second-order valence-electron chi connectivity index (χ2n) is 5.99. The van der Waals surface area contributed by atoms with E-state index in [2.05, 4.69) is 25.9 Å². The van der Waals surface area contributed by atoms with Gasteiger partial charge in [-0.05, 0) is 39.8 Å². The molecule has 1 rings (SSSR count). The molecule has 1 amide bonds. The summed E-state index contributed by atoms with van der Waals surface area (Å²) in [6, 6.07) is 5.86. The predicted octanol–water partition coefficient (Wildman–Crippen LogP) is 1.09. The van der Waals surface area contributed by atoms with Crippen molar-refractivity contribution in [2.24, 2.45) is 4.99 Å². The molecule has 0 aliphatic rings. The van der Waals surface area contributed by atoms with Crippen LogP contribution in [0.5, 0.6) is 0 Å². The molecule has 0 spiro atoms. The van der Waals surface area contributed by atoms with Crippen LogP contribution < -0.4 is 16.0 Å². The smallest absolute Gasteiger partial charge is 0.242 e. The molecule has 0 fully saturated rings. The zero-order chi connectivity index (χ0) is 16.4. The predicted molar refractivity (Wildman–Crippen MR) is 89.8 cm³/mol. The summed E-state index contributed by atoms with van der Waals surface area (Å²) in [4.78, 5) is 20.3. The molecule has 0 saturated heterocycles. The summed E-state index contributed by atoms with van der Waals surface area (Å²) < 4.78 is 0. The third kappa shape index (κ3) is 8.24. The van der Waals surface area contributed by atoms with E-state index in [0.717, 1.165) is 18.7 Å². The fourth-order valence-electron chi connectivity index (χ4n) is 1.81. The van der Waals surface area contributed by atoms with E-state index >= 15 is 0 Å². The lowest BCUT2D eigenvalue weighted by Gasteiger charge is -2.20. The molecular weight excluding hydrogens is 278 g/mol. The van der Waals surface area contributed by atoms with Gasteiger partial charge in [-0.3, -0.25) is 9.78 Å². The Balaban J connectivity index is 2.43. The number of pyridine rings is 1. The molecule has 0 atom stereocenters. The van der Waals surface area contributed by atoms with Crippen LogP contribution in [-0.2, 0) is 11.2 Å². The fourth-order valence-corrected chi connectivity index (χ4v) is 1.81. The molecule has 1 aromatic rings.